The molecule has 0 aliphatic carbocycles. The number of nitrogens with zero attached hydrogens (tertiary/aromatic N) is 9. The summed E-state index contributed by atoms with van der Waals surface area (Å²) in [5.41, 5.74) is -1.24. The molecule has 0 atom stereocenters. The van der Waals surface area contributed by atoms with E-state index < -0.39 is 0 Å². The number of aromatic nitrogens is 3. The van der Waals surface area contributed by atoms with Gasteiger partial charge in [-0.05, 0) is 133 Å². The summed E-state index contributed by atoms with van der Waals surface area (Å²) in [4.78, 5) is 25.9. The molecule has 11 heteroatoms. The van der Waals surface area contributed by atoms with Gasteiger partial charge >= 0.3 is 0 Å². The lowest BCUT2D eigenvalue weighted by Crippen LogP contribution is -2.63. The van der Waals surface area contributed by atoms with Crippen molar-refractivity contribution in [2.45, 2.75) is 220 Å². The normalized spacial score (nSPS) is 20.3. The lowest BCUT2D eigenvalue weighted by molar-refractivity contribution is -0.251. The second-order valence-corrected chi connectivity index (χ2v) is 19.7. The van der Waals surface area contributed by atoms with Crippen molar-refractivity contribution < 1.29 is 10.4 Å². The maximum atomic E-state index is 11.3. The summed E-state index contributed by atoms with van der Waals surface area (Å²) in [7, 11) is 2.27. The zero-order valence-corrected chi connectivity index (χ0v) is 38.1. The average molecular weight is 774 g/mol. The van der Waals surface area contributed by atoms with Gasteiger partial charge in [0, 0.05) is 67.0 Å². The summed E-state index contributed by atoms with van der Waals surface area (Å²) in [6.07, 6.45) is 17.1. The van der Waals surface area contributed by atoms with Gasteiger partial charge in [-0.1, -0.05) is 66.2 Å². The number of hydrogen-bond acceptors (Lipinski definition) is 11. The second-order valence-electron chi connectivity index (χ2n) is 19.7. The minimum atomic E-state index is -0.383. The van der Waals surface area contributed by atoms with E-state index in [0.29, 0.717) is 6.04 Å². The van der Waals surface area contributed by atoms with Crippen LogP contribution in [0.1, 0.15) is 186 Å². The molecule has 2 aliphatic heterocycles. The Labute approximate surface area is 338 Å². The largest absolute Gasteiger partial charge is 0.341 e. The molecule has 2 aliphatic rings. The number of anilines is 3. The quantitative estimate of drug-likeness (QED) is 0.0983. The molecule has 0 unspecified atom stereocenters. The number of unbranched alkanes of at least 4 members (excludes halogenated alkanes) is 7. The summed E-state index contributed by atoms with van der Waals surface area (Å²) < 4.78 is 0. The maximum absolute atomic E-state index is 11.3. The first-order valence-electron chi connectivity index (χ1n) is 22.5. The van der Waals surface area contributed by atoms with E-state index in [9.17, 15) is 10.4 Å². The number of rotatable bonds is 24. The Balaban J connectivity index is 1.92. The summed E-state index contributed by atoms with van der Waals surface area (Å²) in [5, 5.41) is 25.3. The fraction of sp³-hybridized carbons (Fsp3) is 0.932. The molecule has 0 aromatic carbocycles. The first-order chi connectivity index (χ1) is 25.8. The van der Waals surface area contributed by atoms with Crippen LogP contribution in [0.2, 0.25) is 0 Å². The highest BCUT2D eigenvalue weighted by atomic mass is 16.5. The molecule has 55 heavy (non-hydrogen) atoms. The third-order valence-electron chi connectivity index (χ3n) is 12.5. The Morgan fingerprint density at radius 2 is 0.800 bits per heavy atom. The van der Waals surface area contributed by atoms with Crippen molar-refractivity contribution in [3.05, 3.63) is 0 Å². The van der Waals surface area contributed by atoms with Gasteiger partial charge in [-0.3, -0.25) is 0 Å². The minimum absolute atomic E-state index is 0.186. The van der Waals surface area contributed by atoms with Crippen LogP contribution >= 0.6 is 0 Å². The first-order valence-corrected chi connectivity index (χ1v) is 22.5. The van der Waals surface area contributed by atoms with Gasteiger partial charge < -0.3 is 30.0 Å². The highest BCUT2D eigenvalue weighted by molar-refractivity contribution is 5.47. The molecule has 0 radical (unpaired) electrons. The molecule has 2 fully saturated rings. The van der Waals surface area contributed by atoms with Crippen molar-refractivity contribution in [2.75, 3.05) is 61.0 Å². The third kappa shape index (κ3) is 13.4. The molecule has 0 spiro atoms. The summed E-state index contributed by atoms with van der Waals surface area (Å²) >= 11 is 0. The monoisotopic (exact) mass is 774 g/mol. The Bertz CT molecular complexity index is 1170. The topological polar surface area (TPSA) is 98.6 Å². The van der Waals surface area contributed by atoms with Crippen molar-refractivity contribution in [2.24, 2.45) is 0 Å². The van der Waals surface area contributed by atoms with Crippen molar-refractivity contribution in [3.63, 3.8) is 0 Å². The van der Waals surface area contributed by atoms with E-state index in [1.54, 1.807) is 10.1 Å². The molecule has 0 bridgehead atoms. The first kappa shape index (κ1) is 47.6. The minimum Gasteiger partial charge on any atom is -0.341 e. The predicted molar refractivity (Wildman–Crippen MR) is 232 cm³/mol. The fourth-order valence-electron chi connectivity index (χ4n) is 9.37. The van der Waals surface area contributed by atoms with Gasteiger partial charge in [0.15, 0.2) is 0 Å². The Kier molecular flexibility index (Phi) is 18.4. The van der Waals surface area contributed by atoms with Crippen LogP contribution in [-0.4, -0.2) is 121 Å². The number of piperidine rings is 2. The molecule has 3 heterocycles. The molecule has 2 saturated heterocycles. The van der Waals surface area contributed by atoms with E-state index in [2.05, 4.69) is 110 Å². The van der Waals surface area contributed by atoms with Gasteiger partial charge in [0.05, 0.1) is 0 Å². The van der Waals surface area contributed by atoms with Gasteiger partial charge in [0.25, 0.3) is 0 Å². The average Bonchev–Trinajstić information content (AvgIpc) is 3.11. The van der Waals surface area contributed by atoms with Gasteiger partial charge in [0.2, 0.25) is 17.8 Å². The van der Waals surface area contributed by atoms with Crippen LogP contribution in [0, 0.1) is 0 Å². The summed E-state index contributed by atoms with van der Waals surface area (Å²) in [5.74, 6) is 2.45. The van der Waals surface area contributed by atoms with E-state index in [1.165, 1.54) is 6.42 Å². The smallest absolute Gasteiger partial charge is 0.232 e. The van der Waals surface area contributed by atoms with Crippen LogP contribution in [0.15, 0.2) is 0 Å². The highest BCUT2D eigenvalue weighted by Crippen LogP contribution is 2.41. The van der Waals surface area contributed by atoms with Crippen LogP contribution < -0.4 is 14.7 Å². The van der Waals surface area contributed by atoms with Crippen molar-refractivity contribution in [1.82, 2.24) is 30.0 Å². The standard InChI is InChI=1S/C44H87N9O2/c1-14-18-27-49(28-19-15-2)38-45-39(50(29-20-16-3)30-21-17-4)47-40(46-38)51(37-34-43(9,10)53(55)44(11,12)35-37)31-25-23-22-24-26-48(13)36-32-41(5,6)52(54)42(7,8)33-36/h36-37,54-55H,14-35H2,1-13H3. The molecule has 1 aromatic rings. The van der Waals surface area contributed by atoms with Crippen LogP contribution in [0.5, 0.6) is 0 Å². The van der Waals surface area contributed by atoms with Crippen LogP contribution in [-0.2, 0) is 0 Å². The molecule has 1 aromatic heterocycles. The fourth-order valence-corrected chi connectivity index (χ4v) is 9.37. The van der Waals surface area contributed by atoms with Gasteiger partial charge in [-0.15, -0.1) is 0 Å². The lowest BCUT2D eigenvalue weighted by Gasteiger charge is -2.53. The molecular weight excluding hydrogens is 687 g/mol. The maximum Gasteiger partial charge on any atom is 0.232 e. The van der Waals surface area contributed by atoms with Crippen molar-refractivity contribution >= 4 is 17.8 Å². The van der Waals surface area contributed by atoms with E-state index in [0.717, 1.165) is 153 Å². The summed E-state index contributed by atoms with van der Waals surface area (Å²) in [6, 6.07) is 0.648. The Morgan fingerprint density at radius 3 is 1.16 bits per heavy atom. The summed E-state index contributed by atoms with van der Waals surface area (Å²) in [6.45, 7) is 32.1. The Morgan fingerprint density at radius 1 is 0.473 bits per heavy atom. The molecule has 320 valence electrons. The molecule has 0 amide bonds. The lowest BCUT2D eigenvalue weighted by atomic mass is 9.78. The van der Waals surface area contributed by atoms with Gasteiger partial charge in [-0.2, -0.15) is 25.1 Å². The number of hydrogen-bond donors (Lipinski definition) is 2. The molecule has 0 saturated carbocycles. The third-order valence-corrected chi connectivity index (χ3v) is 12.5. The molecular formula is C44H87N9O2. The van der Waals surface area contributed by atoms with E-state index in [1.807, 2.05) is 0 Å². The van der Waals surface area contributed by atoms with E-state index >= 15 is 0 Å². The SMILES string of the molecule is CCCCN(CCCC)c1nc(N(CCCC)CCCC)nc(N(CCCCCCN(C)C2CC(C)(C)N(O)C(C)(C)C2)C2CC(C)(C)N(O)C(C)(C)C2)n1. The number of hydroxylamine groups is 4. The van der Waals surface area contributed by atoms with E-state index in [-0.39, 0.29) is 28.2 Å². The highest BCUT2D eigenvalue weighted by Gasteiger charge is 2.48. The second kappa shape index (κ2) is 21.3. The molecule has 11 nitrogen and oxygen atoms in total. The van der Waals surface area contributed by atoms with Crippen molar-refractivity contribution in [3.8, 4) is 0 Å². The van der Waals surface area contributed by atoms with Crippen LogP contribution in [0.3, 0.4) is 0 Å². The zero-order chi connectivity index (χ0) is 41.0. The van der Waals surface area contributed by atoms with Gasteiger partial charge in [0.1, 0.15) is 0 Å². The van der Waals surface area contributed by atoms with Crippen LogP contribution in [0.25, 0.3) is 0 Å². The van der Waals surface area contributed by atoms with Crippen molar-refractivity contribution in [1.29, 1.82) is 0 Å². The molecule has 2 N–H and O–H groups in total. The zero-order valence-electron chi connectivity index (χ0n) is 38.1. The van der Waals surface area contributed by atoms with Crippen LogP contribution in [0.4, 0.5) is 17.8 Å². The predicted octanol–water partition coefficient (Wildman–Crippen LogP) is 9.81. The molecule has 3 rings (SSSR count). The Hall–Kier alpha value is -1.79. The van der Waals surface area contributed by atoms with E-state index in [4.69, 9.17) is 15.0 Å². The van der Waals surface area contributed by atoms with Gasteiger partial charge in [-0.25, -0.2) is 0 Å².